The zero-order valence-electron chi connectivity index (χ0n) is 11.6. The fourth-order valence-corrected chi connectivity index (χ4v) is 1.79. The number of anilines is 2. The van der Waals surface area contributed by atoms with E-state index >= 15 is 0 Å². The Kier molecular flexibility index (Phi) is 4.80. The van der Waals surface area contributed by atoms with Gasteiger partial charge < -0.3 is 15.1 Å². The highest BCUT2D eigenvalue weighted by Gasteiger charge is 2.08. The number of aromatic nitrogens is 3. The number of nitrogens with zero attached hydrogens (tertiary/aromatic N) is 4. The number of hydrogen-bond acceptors (Lipinski definition) is 7. The number of nitrogens with two attached hydrogens (primary N) is 1. The van der Waals surface area contributed by atoms with Crippen molar-refractivity contribution in [2.24, 2.45) is 5.84 Å². The van der Waals surface area contributed by atoms with Crippen molar-refractivity contribution in [3.05, 3.63) is 42.0 Å². The smallest absolute Gasteiger partial charge is 0.158 e. The van der Waals surface area contributed by atoms with E-state index in [2.05, 4.69) is 20.4 Å². The number of nitrogens with one attached hydrogen (secondary N) is 1. The molecule has 0 bridgehead atoms. The van der Waals surface area contributed by atoms with Gasteiger partial charge in [-0.2, -0.15) is 0 Å². The van der Waals surface area contributed by atoms with Gasteiger partial charge >= 0.3 is 0 Å². The summed E-state index contributed by atoms with van der Waals surface area (Å²) in [5.41, 5.74) is 3.69. The second-order valence-electron chi connectivity index (χ2n) is 4.32. The Balaban J connectivity index is 2.19. The molecule has 106 valence electrons. The summed E-state index contributed by atoms with van der Waals surface area (Å²) in [5, 5.41) is 0. The second kappa shape index (κ2) is 6.78. The van der Waals surface area contributed by atoms with E-state index in [1.807, 2.05) is 24.1 Å². The maximum Gasteiger partial charge on any atom is 0.158 e. The van der Waals surface area contributed by atoms with Crippen molar-refractivity contribution in [3.8, 4) is 0 Å². The van der Waals surface area contributed by atoms with E-state index in [4.69, 9.17) is 10.6 Å². The highest BCUT2D eigenvalue weighted by Crippen LogP contribution is 2.16. The molecule has 2 aromatic heterocycles. The van der Waals surface area contributed by atoms with E-state index in [0.717, 1.165) is 17.9 Å². The highest BCUT2D eigenvalue weighted by molar-refractivity contribution is 5.48. The summed E-state index contributed by atoms with van der Waals surface area (Å²) in [5.74, 6) is 7.35. The molecule has 0 radical (unpaired) electrons. The molecule has 0 aliphatic carbocycles. The lowest BCUT2D eigenvalue weighted by atomic mass is 10.2. The van der Waals surface area contributed by atoms with E-state index in [0.29, 0.717) is 18.2 Å². The molecule has 0 fully saturated rings. The lowest BCUT2D eigenvalue weighted by Crippen LogP contribution is -2.20. The van der Waals surface area contributed by atoms with Crippen LogP contribution < -0.4 is 16.2 Å². The fourth-order valence-electron chi connectivity index (χ4n) is 1.79. The van der Waals surface area contributed by atoms with E-state index in [9.17, 15) is 0 Å². The molecule has 0 spiro atoms. The van der Waals surface area contributed by atoms with Gasteiger partial charge in [0.2, 0.25) is 0 Å². The predicted molar refractivity (Wildman–Crippen MR) is 76.9 cm³/mol. The quantitative estimate of drug-likeness (QED) is 0.598. The molecule has 0 aliphatic rings. The van der Waals surface area contributed by atoms with Crippen molar-refractivity contribution in [3.63, 3.8) is 0 Å². The summed E-state index contributed by atoms with van der Waals surface area (Å²) in [4.78, 5) is 14.7. The SMILES string of the molecule is COCc1nc(NN)cc(N(C)Cc2ccncc2)n1. The summed E-state index contributed by atoms with van der Waals surface area (Å²) in [6, 6.07) is 5.73. The summed E-state index contributed by atoms with van der Waals surface area (Å²) in [7, 11) is 3.56. The van der Waals surface area contributed by atoms with Crippen LogP contribution in [0, 0.1) is 0 Å². The van der Waals surface area contributed by atoms with Gasteiger partial charge in [-0.1, -0.05) is 0 Å². The molecule has 0 amide bonds. The Morgan fingerprint density at radius 2 is 2.05 bits per heavy atom. The average Bonchev–Trinajstić information content (AvgIpc) is 2.48. The summed E-state index contributed by atoms with van der Waals surface area (Å²) < 4.78 is 5.06. The standard InChI is InChI=1S/C13H18N6O/c1-19(8-10-3-5-15-6-4-10)13-7-11(18-14)16-12(17-13)9-20-2/h3-7H,8-9,14H2,1-2H3,(H,16,17,18). The zero-order valence-corrected chi connectivity index (χ0v) is 11.6. The van der Waals surface area contributed by atoms with E-state index in [-0.39, 0.29) is 0 Å². The number of methoxy groups -OCH3 is 1. The Hall–Kier alpha value is -2.25. The van der Waals surface area contributed by atoms with E-state index in [1.54, 1.807) is 25.6 Å². The van der Waals surface area contributed by atoms with Crippen LogP contribution in [0.5, 0.6) is 0 Å². The summed E-state index contributed by atoms with van der Waals surface area (Å²) in [6.45, 7) is 1.06. The Labute approximate surface area is 117 Å². The lowest BCUT2D eigenvalue weighted by Gasteiger charge is -2.19. The predicted octanol–water partition coefficient (Wildman–Crippen LogP) is 0.940. The molecule has 0 aliphatic heterocycles. The van der Waals surface area contributed by atoms with Crippen LogP contribution in [0.1, 0.15) is 11.4 Å². The number of nitrogen functional groups attached to an aromatic ring is 1. The highest BCUT2D eigenvalue weighted by atomic mass is 16.5. The molecule has 3 N–H and O–H groups in total. The van der Waals surface area contributed by atoms with Crippen LogP contribution in [0.25, 0.3) is 0 Å². The second-order valence-corrected chi connectivity index (χ2v) is 4.32. The fraction of sp³-hybridized carbons (Fsp3) is 0.308. The first-order valence-electron chi connectivity index (χ1n) is 6.16. The molecule has 0 aromatic carbocycles. The molecule has 7 heteroatoms. The van der Waals surface area contributed by atoms with Crippen LogP contribution in [-0.4, -0.2) is 29.1 Å². The maximum absolute atomic E-state index is 5.43. The van der Waals surface area contributed by atoms with Gasteiger partial charge in [-0.3, -0.25) is 4.98 Å². The molecule has 20 heavy (non-hydrogen) atoms. The molecule has 0 unspecified atom stereocenters. The number of hydrazine groups is 1. The van der Waals surface area contributed by atoms with E-state index in [1.165, 1.54) is 0 Å². The number of pyridine rings is 1. The normalized spacial score (nSPS) is 10.3. The molecule has 0 saturated heterocycles. The van der Waals surface area contributed by atoms with Crippen molar-refractivity contribution < 1.29 is 4.74 Å². The first-order chi connectivity index (χ1) is 9.72. The Morgan fingerprint density at radius 3 is 2.70 bits per heavy atom. The van der Waals surface area contributed by atoms with Crippen LogP contribution in [0.3, 0.4) is 0 Å². The Bertz CT molecular complexity index is 548. The molecule has 2 heterocycles. The number of rotatable bonds is 6. The maximum atomic E-state index is 5.43. The number of ether oxygens (including phenoxy) is 1. The van der Waals surface area contributed by atoms with Gasteiger partial charge in [-0.25, -0.2) is 15.8 Å². The Morgan fingerprint density at radius 1 is 1.30 bits per heavy atom. The van der Waals surface area contributed by atoms with E-state index < -0.39 is 0 Å². The summed E-state index contributed by atoms with van der Waals surface area (Å²) in [6.07, 6.45) is 3.54. The molecular formula is C13H18N6O. The molecule has 7 nitrogen and oxygen atoms in total. The number of hydrogen-bond donors (Lipinski definition) is 2. The van der Waals surface area contributed by atoms with Crippen molar-refractivity contribution in [2.75, 3.05) is 24.5 Å². The van der Waals surface area contributed by atoms with Gasteiger partial charge in [0.05, 0.1) is 0 Å². The topological polar surface area (TPSA) is 89.2 Å². The summed E-state index contributed by atoms with van der Waals surface area (Å²) >= 11 is 0. The third kappa shape index (κ3) is 3.62. The van der Waals surface area contributed by atoms with Gasteiger partial charge in [-0.05, 0) is 17.7 Å². The minimum absolute atomic E-state index is 0.339. The molecule has 0 atom stereocenters. The zero-order chi connectivity index (χ0) is 14.4. The molecule has 2 rings (SSSR count). The minimum atomic E-state index is 0.339. The molecule has 0 saturated carbocycles. The van der Waals surface area contributed by atoms with Gasteiger partial charge in [0.25, 0.3) is 0 Å². The third-order valence-electron chi connectivity index (χ3n) is 2.74. The van der Waals surface area contributed by atoms with Crippen LogP contribution in [0.4, 0.5) is 11.6 Å². The van der Waals surface area contributed by atoms with Crippen LogP contribution in [0.15, 0.2) is 30.6 Å². The van der Waals surface area contributed by atoms with Gasteiger partial charge in [0, 0.05) is 39.2 Å². The first kappa shape index (κ1) is 14.2. The molecule has 2 aromatic rings. The van der Waals surface area contributed by atoms with Crippen LogP contribution >= 0.6 is 0 Å². The van der Waals surface area contributed by atoms with Gasteiger partial charge in [-0.15, -0.1) is 0 Å². The first-order valence-corrected chi connectivity index (χ1v) is 6.16. The van der Waals surface area contributed by atoms with Crippen molar-refractivity contribution >= 4 is 11.6 Å². The van der Waals surface area contributed by atoms with Crippen molar-refractivity contribution in [1.82, 2.24) is 15.0 Å². The van der Waals surface area contributed by atoms with Crippen LogP contribution in [0.2, 0.25) is 0 Å². The average molecular weight is 274 g/mol. The third-order valence-corrected chi connectivity index (χ3v) is 2.74. The van der Waals surface area contributed by atoms with Gasteiger partial charge in [0.15, 0.2) is 5.82 Å². The van der Waals surface area contributed by atoms with Crippen molar-refractivity contribution in [2.45, 2.75) is 13.2 Å². The lowest BCUT2D eigenvalue weighted by molar-refractivity contribution is 0.178. The van der Waals surface area contributed by atoms with Crippen LogP contribution in [-0.2, 0) is 17.9 Å². The van der Waals surface area contributed by atoms with Crippen molar-refractivity contribution in [1.29, 1.82) is 0 Å². The monoisotopic (exact) mass is 274 g/mol. The molecular weight excluding hydrogens is 256 g/mol. The van der Waals surface area contributed by atoms with Gasteiger partial charge in [0.1, 0.15) is 18.2 Å². The largest absolute Gasteiger partial charge is 0.377 e. The minimum Gasteiger partial charge on any atom is -0.377 e.